The second-order valence-corrected chi connectivity index (χ2v) is 11.2. The fourth-order valence-corrected chi connectivity index (χ4v) is 5.25. The van der Waals surface area contributed by atoms with Crippen molar-refractivity contribution in [1.82, 2.24) is 15.1 Å². The van der Waals surface area contributed by atoms with Gasteiger partial charge in [0.2, 0.25) is 0 Å². The Balaban J connectivity index is 1.58. The maximum Gasteiger partial charge on any atom is 0.253 e. The molecule has 0 bridgehead atoms. The molecule has 0 unspecified atom stereocenters. The van der Waals surface area contributed by atoms with Crippen LogP contribution in [0.15, 0.2) is 29.3 Å². The lowest BCUT2D eigenvalue weighted by Crippen LogP contribution is -2.57. The number of aliphatic imine (C=N–C) groups is 1. The zero-order chi connectivity index (χ0) is 21.1. The van der Waals surface area contributed by atoms with Crippen molar-refractivity contribution in [3.8, 4) is 0 Å². The van der Waals surface area contributed by atoms with Crippen LogP contribution in [0.4, 0.5) is 0 Å². The van der Waals surface area contributed by atoms with Gasteiger partial charge in [-0.25, -0.2) is 8.42 Å². The SMILES string of the molecule is CN=C(NCc1ccc(C(=O)N2CCCCC2)cc1)N1CCS(=O)(=O)C(C)(C)C1. The van der Waals surface area contributed by atoms with Gasteiger partial charge in [0, 0.05) is 45.3 Å². The Labute approximate surface area is 174 Å². The van der Waals surface area contributed by atoms with E-state index >= 15 is 0 Å². The number of likely N-dealkylation sites (tertiary alicyclic amines) is 1. The summed E-state index contributed by atoms with van der Waals surface area (Å²) in [6.45, 7) is 6.64. The van der Waals surface area contributed by atoms with Crippen LogP contribution in [0.2, 0.25) is 0 Å². The quantitative estimate of drug-likeness (QED) is 0.597. The number of rotatable bonds is 3. The van der Waals surface area contributed by atoms with Gasteiger partial charge in [-0.3, -0.25) is 9.79 Å². The average molecular weight is 421 g/mol. The highest BCUT2D eigenvalue weighted by atomic mass is 32.2. The van der Waals surface area contributed by atoms with Gasteiger partial charge >= 0.3 is 0 Å². The van der Waals surface area contributed by atoms with E-state index in [1.807, 2.05) is 34.1 Å². The smallest absolute Gasteiger partial charge is 0.253 e. The summed E-state index contributed by atoms with van der Waals surface area (Å²) in [6, 6.07) is 7.69. The molecule has 0 radical (unpaired) electrons. The van der Waals surface area contributed by atoms with E-state index in [9.17, 15) is 13.2 Å². The maximum atomic E-state index is 12.6. The summed E-state index contributed by atoms with van der Waals surface area (Å²) in [5.74, 6) is 0.937. The fourth-order valence-electron chi connectivity index (χ4n) is 3.88. The third-order valence-corrected chi connectivity index (χ3v) is 8.38. The summed E-state index contributed by atoms with van der Waals surface area (Å²) in [6.07, 6.45) is 3.37. The monoisotopic (exact) mass is 420 g/mol. The van der Waals surface area contributed by atoms with Crippen molar-refractivity contribution in [2.45, 2.75) is 44.4 Å². The number of guanidine groups is 1. The molecule has 2 aliphatic rings. The molecule has 0 atom stereocenters. The van der Waals surface area contributed by atoms with Crippen molar-refractivity contribution in [3.63, 3.8) is 0 Å². The first-order chi connectivity index (χ1) is 13.7. The van der Waals surface area contributed by atoms with Crippen LogP contribution in [0.5, 0.6) is 0 Å². The van der Waals surface area contributed by atoms with Gasteiger partial charge in [0.25, 0.3) is 5.91 Å². The molecule has 2 aliphatic heterocycles. The molecule has 29 heavy (non-hydrogen) atoms. The van der Waals surface area contributed by atoms with Crippen molar-refractivity contribution < 1.29 is 13.2 Å². The number of hydrogen-bond acceptors (Lipinski definition) is 4. The molecule has 0 aliphatic carbocycles. The largest absolute Gasteiger partial charge is 0.352 e. The van der Waals surface area contributed by atoms with E-state index in [0.717, 1.165) is 37.1 Å². The first-order valence-electron chi connectivity index (χ1n) is 10.3. The minimum Gasteiger partial charge on any atom is -0.352 e. The van der Waals surface area contributed by atoms with Gasteiger partial charge in [-0.05, 0) is 50.8 Å². The average Bonchev–Trinajstić information content (AvgIpc) is 2.71. The van der Waals surface area contributed by atoms with Gasteiger partial charge in [-0.15, -0.1) is 0 Å². The number of hydrogen-bond donors (Lipinski definition) is 1. The molecule has 0 spiro atoms. The maximum absolute atomic E-state index is 12.6. The Morgan fingerprint density at radius 2 is 1.72 bits per heavy atom. The molecule has 2 saturated heterocycles. The number of benzene rings is 1. The second kappa shape index (κ2) is 8.73. The third kappa shape index (κ3) is 4.91. The number of nitrogens with one attached hydrogen (secondary N) is 1. The van der Waals surface area contributed by atoms with Crippen LogP contribution in [-0.2, 0) is 16.4 Å². The molecule has 1 amide bonds. The Kier molecular flexibility index (Phi) is 6.51. The van der Waals surface area contributed by atoms with Gasteiger partial charge in [0.05, 0.1) is 10.5 Å². The zero-order valence-electron chi connectivity index (χ0n) is 17.6. The van der Waals surface area contributed by atoms with Crippen LogP contribution < -0.4 is 5.32 Å². The lowest BCUT2D eigenvalue weighted by Gasteiger charge is -2.39. The van der Waals surface area contributed by atoms with Crippen LogP contribution in [-0.4, -0.2) is 73.8 Å². The molecule has 2 heterocycles. The number of carbonyl (C=O) groups excluding carboxylic acids is 1. The van der Waals surface area contributed by atoms with Crippen LogP contribution >= 0.6 is 0 Å². The zero-order valence-corrected chi connectivity index (χ0v) is 18.5. The van der Waals surface area contributed by atoms with E-state index in [2.05, 4.69) is 10.3 Å². The molecule has 2 fully saturated rings. The molecular weight excluding hydrogens is 388 g/mol. The standard InChI is InChI=1S/C21H32N4O3S/c1-21(2)16-25(13-14-29(21,27)28)20(22-3)23-15-17-7-9-18(10-8-17)19(26)24-11-5-4-6-12-24/h7-10H,4-6,11-16H2,1-3H3,(H,22,23). The Bertz CT molecular complexity index is 856. The second-order valence-electron chi connectivity index (χ2n) is 8.45. The third-order valence-electron chi connectivity index (χ3n) is 5.85. The molecule has 1 N–H and O–H groups in total. The molecule has 160 valence electrons. The summed E-state index contributed by atoms with van der Waals surface area (Å²) in [5, 5.41) is 3.32. The number of piperidine rings is 1. The van der Waals surface area contributed by atoms with Crippen molar-refractivity contribution in [2.75, 3.05) is 39.0 Å². The molecule has 0 saturated carbocycles. The fraction of sp³-hybridized carbons (Fsp3) is 0.619. The summed E-state index contributed by atoms with van der Waals surface area (Å²) in [7, 11) is -1.38. The first kappa shape index (κ1) is 21.6. The molecule has 0 aromatic heterocycles. The lowest BCUT2D eigenvalue weighted by atomic mass is 10.1. The van der Waals surface area contributed by atoms with Crippen LogP contribution in [0.1, 0.15) is 49.0 Å². The predicted molar refractivity (Wildman–Crippen MR) is 116 cm³/mol. The van der Waals surface area contributed by atoms with E-state index in [1.165, 1.54) is 6.42 Å². The summed E-state index contributed by atoms with van der Waals surface area (Å²) >= 11 is 0. The number of carbonyl (C=O) groups is 1. The molecule has 8 heteroatoms. The summed E-state index contributed by atoms with van der Waals surface area (Å²) in [5.41, 5.74) is 1.77. The van der Waals surface area contributed by atoms with Gasteiger partial charge < -0.3 is 15.1 Å². The molecule has 7 nitrogen and oxygen atoms in total. The van der Waals surface area contributed by atoms with E-state index in [-0.39, 0.29) is 11.7 Å². The molecule has 1 aromatic rings. The highest BCUT2D eigenvalue weighted by molar-refractivity contribution is 7.92. The van der Waals surface area contributed by atoms with Crippen molar-refractivity contribution in [1.29, 1.82) is 0 Å². The summed E-state index contributed by atoms with van der Waals surface area (Å²) < 4.78 is 23.7. The van der Waals surface area contributed by atoms with E-state index in [4.69, 9.17) is 0 Å². The first-order valence-corrected chi connectivity index (χ1v) is 11.9. The Hall–Kier alpha value is -2.09. The lowest BCUT2D eigenvalue weighted by molar-refractivity contribution is 0.0724. The van der Waals surface area contributed by atoms with E-state index in [1.54, 1.807) is 20.9 Å². The van der Waals surface area contributed by atoms with Crippen molar-refractivity contribution in [2.24, 2.45) is 4.99 Å². The van der Waals surface area contributed by atoms with E-state index in [0.29, 0.717) is 25.6 Å². The normalized spacial score (nSPS) is 21.7. The van der Waals surface area contributed by atoms with Gasteiger partial charge in [-0.1, -0.05) is 12.1 Å². The predicted octanol–water partition coefficient (Wildman–Crippen LogP) is 1.90. The summed E-state index contributed by atoms with van der Waals surface area (Å²) in [4.78, 5) is 20.8. The number of nitrogens with zero attached hydrogens (tertiary/aromatic N) is 3. The Morgan fingerprint density at radius 1 is 1.07 bits per heavy atom. The minimum absolute atomic E-state index is 0.108. The van der Waals surface area contributed by atoms with Gasteiger partial charge in [0.1, 0.15) is 0 Å². The van der Waals surface area contributed by atoms with Crippen LogP contribution in [0, 0.1) is 0 Å². The molecule has 1 aromatic carbocycles. The van der Waals surface area contributed by atoms with Gasteiger partial charge in [-0.2, -0.15) is 0 Å². The minimum atomic E-state index is -3.09. The number of amides is 1. The van der Waals surface area contributed by atoms with Gasteiger partial charge in [0.15, 0.2) is 15.8 Å². The van der Waals surface area contributed by atoms with E-state index < -0.39 is 14.6 Å². The topological polar surface area (TPSA) is 82.1 Å². The van der Waals surface area contributed by atoms with Crippen LogP contribution in [0.25, 0.3) is 0 Å². The highest BCUT2D eigenvalue weighted by Crippen LogP contribution is 2.23. The van der Waals surface area contributed by atoms with Crippen molar-refractivity contribution >= 4 is 21.7 Å². The Morgan fingerprint density at radius 3 is 2.31 bits per heavy atom. The molecule has 3 rings (SSSR count). The molecular formula is C21H32N4O3S. The van der Waals surface area contributed by atoms with Crippen LogP contribution in [0.3, 0.4) is 0 Å². The number of sulfone groups is 1. The highest BCUT2D eigenvalue weighted by Gasteiger charge is 2.40. The van der Waals surface area contributed by atoms with Crippen molar-refractivity contribution in [3.05, 3.63) is 35.4 Å².